The van der Waals surface area contributed by atoms with E-state index in [0.29, 0.717) is 18.9 Å². The molecule has 22 heavy (non-hydrogen) atoms. The minimum absolute atomic E-state index is 0.0573. The predicted molar refractivity (Wildman–Crippen MR) is 82.1 cm³/mol. The van der Waals surface area contributed by atoms with Gasteiger partial charge in [0.25, 0.3) is 0 Å². The average Bonchev–Trinajstić information content (AvgIpc) is 2.85. The number of halogens is 2. The zero-order chi connectivity index (χ0) is 15.7. The molecule has 1 fully saturated rings. The van der Waals surface area contributed by atoms with Gasteiger partial charge in [-0.3, -0.25) is 0 Å². The SMILES string of the molecule is Cc1cc(NC2CCN(c3c(F)cccc3F)C2)nc(C)n1. The molecule has 6 heteroatoms. The van der Waals surface area contributed by atoms with Gasteiger partial charge in [-0.2, -0.15) is 0 Å². The lowest BCUT2D eigenvalue weighted by Crippen LogP contribution is -2.27. The van der Waals surface area contributed by atoms with Crippen molar-refractivity contribution in [1.82, 2.24) is 9.97 Å². The molecule has 1 aromatic carbocycles. The topological polar surface area (TPSA) is 41.0 Å². The number of aryl methyl sites for hydroxylation is 2. The highest BCUT2D eigenvalue weighted by molar-refractivity contribution is 5.51. The molecule has 2 heterocycles. The molecular weight excluding hydrogens is 286 g/mol. The normalized spacial score (nSPS) is 17.8. The molecule has 1 N–H and O–H groups in total. The predicted octanol–water partition coefficient (Wildman–Crippen LogP) is 3.06. The van der Waals surface area contributed by atoms with E-state index in [1.807, 2.05) is 19.9 Å². The molecule has 1 atom stereocenters. The molecule has 1 aromatic heterocycles. The van der Waals surface area contributed by atoms with Crippen LogP contribution in [0, 0.1) is 25.5 Å². The molecule has 0 amide bonds. The van der Waals surface area contributed by atoms with E-state index in [1.165, 1.54) is 18.2 Å². The number of rotatable bonds is 3. The molecular formula is C16H18F2N4. The third-order valence-electron chi connectivity index (χ3n) is 3.76. The second-order valence-corrected chi connectivity index (χ2v) is 5.59. The van der Waals surface area contributed by atoms with E-state index in [9.17, 15) is 8.78 Å². The summed E-state index contributed by atoms with van der Waals surface area (Å²) in [7, 11) is 0. The van der Waals surface area contributed by atoms with Crippen LogP contribution >= 0.6 is 0 Å². The standard InChI is InChI=1S/C16H18F2N4/c1-10-8-15(20-11(2)19-10)21-12-6-7-22(9-12)16-13(17)4-3-5-14(16)18/h3-5,8,12H,6-7,9H2,1-2H3,(H,19,20,21). The molecule has 0 spiro atoms. The first-order valence-electron chi connectivity index (χ1n) is 7.30. The Morgan fingerprint density at radius 3 is 2.59 bits per heavy atom. The van der Waals surface area contributed by atoms with Crippen LogP contribution in [0.5, 0.6) is 0 Å². The number of hydrogen-bond acceptors (Lipinski definition) is 4. The van der Waals surface area contributed by atoms with E-state index in [-0.39, 0.29) is 11.7 Å². The maximum Gasteiger partial charge on any atom is 0.149 e. The third-order valence-corrected chi connectivity index (χ3v) is 3.76. The molecule has 0 aliphatic carbocycles. The molecule has 0 bridgehead atoms. The Morgan fingerprint density at radius 1 is 1.18 bits per heavy atom. The minimum Gasteiger partial charge on any atom is -0.365 e. The summed E-state index contributed by atoms with van der Waals surface area (Å²) in [4.78, 5) is 10.3. The Kier molecular flexibility index (Phi) is 3.92. The quantitative estimate of drug-likeness (QED) is 0.946. The van der Waals surface area contributed by atoms with E-state index >= 15 is 0 Å². The van der Waals surface area contributed by atoms with E-state index in [2.05, 4.69) is 15.3 Å². The van der Waals surface area contributed by atoms with Crippen molar-refractivity contribution in [2.75, 3.05) is 23.3 Å². The molecule has 1 saturated heterocycles. The maximum absolute atomic E-state index is 13.8. The van der Waals surface area contributed by atoms with Crippen LogP contribution in [0.3, 0.4) is 0 Å². The van der Waals surface area contributed by atoms with Crippen LogP contribution in [-0.2, 0) is 0 Å². The highest BCUT2D eigenvalue weighted by Gasteiger charge is 2.26. The number of nitrogens with one attached hydrogen (secondary N) is 1. The number of benzene rings is 1. The zero-order valence-corrected chi connectivity index (χ0v) is 12.6. The van der Waals surface area contributed by atoms with Crippen molar-refractivity contribution in [3.63, 3.8) is 0 Å². The first kappa shape index (κ1) is 14.7. The molecule has 1 aliphatic rings. The van der Waals surface area contributed by atoms with Crippen LogP contribution < -0.4 is 10.2 Å². The molecule has 116 valence electrons. The molecule has 0 saturated carbocycles. The van der Waals surface area contributed by atoms with E-state index < -0.39 is 11.6 Å². The van der Waals surface area contributed by atoms with Gasteiger partial charge in [0.1, 0.15) is 29.0 Å². The van der Waals surface area contributed by atoms with Gasteiger partial charge in [-0.05, 0) is 32.4 Å². The van der Waals surface area contributed by atoms with Crippen LogP contribution in [0.4, 0.5) is 20.3 Å². The summed E-state index contributed by atoms with van der Waals surface area (Å²) >= 11 is 0. The van der Waals surface area contributed by atoms with Crippen LogP contribution in [-0.4, -0.2) is 29.1 Å². The lowest BCUT2D eigenvalue weighted by atomic mass is 10.2. The Hall–Kier alpha value is -2.24. The average molecular weight is 304 g/mol. The van der Waals surface area contributed by atoms with E-state index in [1.54, 1.807) is 4.90 Å². The number of aromatic nitrogens is 2. The number of nitrogens with zero attached hydrogens (tertiary/aromatic N) is 3. The van der Waals surface area contributed by atoms with Gasteiger partial charge in [-0.25, -0.2) is 18.7 Å². The lowest BCUT2D eigenvalue weighted by molar-refractivity contribution is 0.577. The van der Waals surface area contributed by atoms with Gasteiger partial charge in [0.2, 0.25) is 0 Å². The fourth-order valence-corrected chi connectivity index (χ4v) is 2.87. The van der Waals surface area contributed by atoms with E-state index in [4.69, 9.17) is 0 Å². The molecule has 0 radical (unpaired) electrons. The van der Waals surface area contributed by atoms with Crippen molar-refractivity contribution in [1.29, 1.82) is 0 Å². The van der Waals surface area contributed by atoms with Gasteiger partial charge < -0.3 is 10.2 Å². The first-order valence-corrected chi connectivity index (χ1v) is 7.30. The molecule has 4 nitrogen and oxygen atoms in total. The Labute approximate surface area is 128 Å². The van der Waals surface area contributed by atoms with Crippen LogP contribution in [0.25, 0.3) is 0 Å². The fourth-order valence-electron chi connectivity index (χ4n) is 2.87. The molecule has 2 aromatic rings. The second-order valence-electron chi connectivity index (χ2n) is 5.59. The van der Waals surface area contributed by atoms with Gasteiger partial charge in [-0.1, -0.05) is 6.07 Å². The fraction of sp³-hybridized carbons (Fsp3) is 0.375. The Bertz CT molecular complexity index is 649. The summed E-state index contributed by atoms with van der Waals surface area (Å²) < 4.78 is 27.7. The van der Waals surface area contributed by atoms with Crippen molar-refractivity contribution in [3.05, 3.63) is 47.4 Å². The first-order chi connectivity index (χ1) is 10.5. The summed E-state index contributed by atoms with van der Waals surface area (Å²) in [5.41, 5.74) is 0.951. The smallest absolute Gasteiger partial charge is 0.149 e. The zero-order valence-electron chi connectivity index (χ0n) is 12.6. The largest absolute Gasteiger partial charge is 0.365 e. The van der Waals surface area contributed by atoms with Gasteiger partial charge in [0, 0.05) is 30.9 Å². The monoisotopic (exact) mass is 304 g/mol. The van der Waals surface area contributed by atoms with E-state index in [0.717, 1.165) is 17.9 Å². The van der Waals surface area contributed by atoms with Crippen molar-refractivity contribution >= 4 is 11.5 Å². The molecule has 1 unspecified atom stereocenters. The molecule has 3 rings (SSSR count). The van der Waals surface area contributed by atoms with Gasteiger partial charge in [0.15, 0.2) is 0 Å². The van der Waals surface area contributed by atoms with Crippen molar-refractivity contribution in [2.45, 2.75) is 26.3 Å². The Balaban J connectivity index is 1.72. The number of hydrogen-bond donors (Lipinski definition) is 1. The van der Waals surface area contributed by atoms with Crippen LogP contribution in [0.15, 0.2) is 24.3 Å². The van der Waals surface area contributed by atoms with Crippen LogP contribution in [0.1, 0.15) is 17.9 Å². The van der Waals surface area contributed by atoms with Gasteiger partial charge in [-0.15, -0.1) is 0 Å². The van der Waals surface area contributed by atoms with Crippen molar-refractivity contribution in [3.8, 4) is 0 Å². The highest BCUT2D eigenvalue weighted by Crippen LogP contribution is 2.27. The minimum atomic E-state index is -0.519. The third kappa shape index (κ3) is 3.00. The van der Waals surface area contributed by atoms with Crippen molar-refractivity contribution < 1.29 is 8.78 Å². The van der Waals surface area contributed by atoms with Gasteiger partial charge in [0.05, 0.1) is 0 Å². The summed E-state index contributed by atoms with van der Waals surface area (Å²) in [6, 6.07) is 5.94. The lowest BCUT2D eigenvalue weighted by Gasteiger charge is -2.20. The van der Waals surface area contributed by atoms with Crippen LogP contribution in [0.2, 0.25) is 0 Å². The summed E-state index contributed by atoms with van der Waals surface area (Å²) in [6.45, 7) is 4.90. The number of anilines is 2. The second kappa shape index (κ2) is 5.87. The van der Waals surface area contributed by atoms with Crippen molar-refractivity contribution in [2.24, 2.45) is 0 Å². The summed E-state index contributed by atoms with van der Waals surface area (Å²) in [6.07, 6.45) is 0.801. The maximum atomic E-state index is 13.8. The Morgan fingerprint density at radius 2 is 1.91 bits per heavy atom. The highest BCUT2D eigenvalue weighted by atomic mass is 19.1. The summed E-state index contributed by atoms with van der Waals surface area (Å²) in [5.74, 6) is 0.423. The molecule has 1 aliphatic heterocycles. The number of para-hydroxylation sites is 1. The van der Waals surface area contributed by atoms with Gasteiger partial charge >= 0.3 is 0 Å². The summed E-state index contributed by atoms with van der Waals surface area (Å²) in [5, 5.41) is 3.32.